The molecule has 0 unspecified atom stereocenters. The van der Waals surface area contributed by atoms with Crippen molar-refractivity contribution in [1.82, 2.24) is 19.6 Å². The van der Waals surface area contributed by atoms with Gasteiger partial charge in [0.1, 0.15) is 5.82 Å². The summed E-state index contributed by atoms with van der Waals surface area (Å²) in [6, 6.07) is 4.47. The van der Waals surface area contributed by atoms with Gasteiger partial charge in [0.15, 0.2) is 0 Å². The Hall–Kier alpha value is -1.78. The second kappa shape index (κ2) is 4.24. The van der Waals surface area contributed by atoms with Crippen LogP contribution in [0.4, 0.5) is 5.82 Å². The van der Waals surface area contributed by atoms with Gasteiger partial charge < -0.3 is 5.73 Å². The number of anilines is 1. The maximum Gasteiger partial charge on any atom is 0.145 e. The van der Waals surface area contributed by atoms with E-state index in [4.69, 9.17) is 5.73 Å². The standard InChI is InChI=1S/C12H17N5/c13-12-6-7-16(15-12)9-10-5-8-17(14-10)11-3-1-2-4-11/h5-8,11H,1-4,9H2,(H2,13,15). The molecule has 90 valence electrons. The van der Waals surface area contributed by atoms with E-state index in [1.807, 2.05) is 10.9 Å². The average Bonchev–Trinajstić information content (AvgIpc) is 3.00. The van der Waals surface area contributed by atoms with E-state index >= 15 is 0 Å². The summed E-state index contributed by atoms with van der Waals surface area (Å²) in [6.45, 7) is 0.691. The lowest BCUT2D eigenvalue weighted by atomic mass is 10.3. The molecule has 3 rings (SSSR count). The molecule has 5 heteroatoms. The Labute approximate surface area is 100 Å². The van der Waals surface area contributed by atoms with E-state index in [-0.39, 0.29) is 0 Å². The molecule has 0 aliphatic heterocycles. The third kappa shape index (κ3) is 2.18. The summed E-state index contributed by atoms with van der Waals surface area (Å²) < 4.78 is 3.92. The molecule has 0 atom stereocenters. The van der Waals surface area contributed by atoms with Crippen molar-refractivity contribution in [1.29, 1.82) is 0 Å². The zero-order valence-corrected chi connectivity index (χ0v) is 9.79. The molecular formula is C12H17N5. The van der Waals surface area contributed by atoms with Gasteiger partial charge in [0.25, 0.3) is 0 Å². The summed E-state index contributed by atoms with van der Waals surface area (Å²) in [5.74, 6) is 0.556. The molecule has 1 fully saturated rings. The zero-order chi connectivity index (χ0) is 11.7. The number of hydrogen-bond donors (Lipinski definition) is 1. The Kier molecular flexibility index (Phi) is 2.59. The van der Waals surface area contributed by atoms with Crippen LogP contribution in [0.2, 0.25) is 0 Å². The van der Waals surface area contributed by atoms with Gasteiger partial charge in [-0.3, -0.25) is 9.36 Å². The van der Waals surface area contributed by atoms with E-state index in [0.717, 1.165) is 5.69 Å². The Morgan fingerprint density at radius 2 is 2.00 bits per heavy atom. The highest BCUT2D eigenvalue weighted by atomic mass is 15.3. The molecule has 0 amide bonds. The van der Waals surface area contributed by atoms with Gasteiger partial charge in [0.2, 0.25) is 0 Å². The lowest BCUT2D eigenvalue weighted by molar-refractivity contribution is 0.460. The lowest BCUT2D eigenvalue weighted by Crippen LogP contribution is -2.07. The summed E-state index contributed by atoms with van der Waals surface area (Å²) >= 11 is 0. The molecule has 2 aromatic rings. The fourth-order valence-corrected chi connectivity index (χ4v) is 2.47. The number of rotatable bonds is 3. The van der Waals surface area contributed by atoms with E-state index in [0.29, 0.717) is 18.4 Å². The van der Waals surface area contributed by atoms with Gasteiger partial charge in [0, 0.05) is 12.4 Å². The first kappa shape index (κ1) is 10.4. The monoisotopic (exact) mass is 231 g/mol. The van der Waals surface area contributed by atoms with Crippen LogP contribution in [0.3, 0.4) is 0 Å². The van der Waals surface area contributed by atoms with Gasteiger partial charge in [-0.05, 0) is 25.0 Å². The molecule has 5 nitrogen and oxygen atoms in total. The largest absolute Gasteiger partial charge is 0.382 e. The first-order chi connectivity index (χ1) is 8.31. The zero-order valence-electron chi connectivity index (χ0n) is 9.79. The Morgan fingerprint density at radius 1 is 1.18 bits per heavy atom. The maximum atomic E-state index is 5.58. The van der Waals surface area contributed by atoms with Gasteiger partial charge in [-0.25, -0.2) is 0 Å². The third-order valence-electron chi connectivity index (χ3n) is 3.35. The molecule has 0 radical (unpaired) electrons. The summed E-state index contributed by atoms with van der Waals surface area (Å²) in [4.78, 5) is 0. The second-order valence-electron chi connectivity index (χ2n) is 4.66. The number of nitrogen functional groups attached to an aromatic ring is 1. The molecule has 2 heterocycles. The SMILES string of the molecule is Nc1ccn(Cc2ccn(C3CCCC3)n2)n1. The minimum absolute atomic E-state index is 0.556. The number of nitrogens with two attached hydrogens (primary N) is 1. The first-order valence-corrected chi connectivity index (χ1v) is 6.14. The second-order valence-corrected chi connectivity index (χ2v) is 4.66. The quantitative estimate of drug-likeness (QED) is 0.876. The normalized spacial score (nSPS) is 16.7. The Bertz CT molecular complexity index is 492. The third-order valence-corrected chi connectivity index (χ3v) is 3.35. The van der Waals surface area contributed by atoms with Crippen molar-refractivity contribution in [3.05, 3.63) is 30.2 Å². The topological polar surface area (TPSA) is 61.7 Å². The predicted molar refractivity (Wildman–Crippen MR) is 65.5 cm³/mol. The van der Waals surface area contributed by atoms with Crippen LogP contribution in [-0.4, -0.2) is 19.6 Å². The molecule has 1 aliphatic carbocycles. The number of hydrogen-bond acceptors (Lipinski definition) is 3. The molecule has 2 N–H and O–H groups in total. The molecule has 0 bridgehead atoms. The molecule has 2 aromatic heterocycles. The van der Waals surface area contributed by atoms with Crippen molar-refractivity contribution in [3.8, 4) is 0 Å². The number of nitrogens with zero attached hydrogens (tertiary/aromatic N) is 4. The van der Waals surface area contributed by atoms with Gasteiger partial charge in [-0.2, -0.15) is 10.2 Å². The average molecular weight is 231 g/mol. The molecule has 0 spiro atoms. The summed E-state index contributed by atoms with van der Waals surface area (Å²) in [7, 11) is 0. The number of aromatic nitrogens is 4. The fourth-order valence-electron chi connectivity index (χ4n) is 2.47. The predicted octanol–water partition coefficient (Wildman–Crippen LogP) is 1.83. The van der Waals surface area contributed by atoms with Crippen LogP contribution < -0.4 is 5.73 Å². The van der Waals surface area contributed by atoms with Crippen molar-refractivity contribution in [2.45, 2.75) is 38.3 Å². The molecule has 1 saturated carbocycles. The van der Waals surface area contributed by atoms with Crippen LogP contribution in [0.15, 0.2) is 24.5 Å². The van der Waals surface area contributed by atoms with Gasteiger partial charge in [-0.15, -0.1) is 0 Å². The van der Waals surface area contributed by atoms with Crippen molar-refractivity contribution < 1.29 is 0 Å². The first-order valence-electron chi connectivity index (χ1n) is 6.14. The summed E-state index contributed by atoms with van der Waals surface area (Å²) in [5.41, 5.74) is 6.62. The van der Waals surface area contributed by atoms with Gasteiger partial charge in [0.05, 0.1) is 18.3 Å². The van der Waals surface area contributed by atoms with E-state index in [2.05, 4.69) is 27.1 Å². The Balaban J connectivity index is 1.71. The molecule has 17 heavy (non-hydrogen) atoms. The van der Waals surface area contributed by atoms with Crippen molar-refractivity contribution in [2.24, 2.45) is 0 Å². The lowest BCUT2D eigenvalue weighted by Gasteiger charge is -2.08. The smallest absolute Gasteiger partial charge is 0.145 e. The molecular weight excluding hydrogens is 214 g/mol. The van der Waals surface area contributed by atoms with Crippen LogP contribution in [-0.2, 0) is 6.54 Å². The van der Waals surface area contributed by atoms with Crippen LogP contribution in [0.1, 0.15) is 37.4 Å². The van der Waals surface area contributed by atoms with Gasteiger partial charge in [-0.1, -0.05) is 12.8 Å². The summed E-state index contributed by atoms with van der Waals surface area (Å²) in [5, 5.41) is 8.77. The van der Waals surface area contributed by atoms with E-state index in [1.54, 1.807) is 6.07 Å². The van der Waals surface area contributed by atoms with E-state index in [9.17, 15) is 0 Å². The molecule has 1 aliphatic rings. The minimum atomic E-state index is 0.556. The van der Waals surface area contributed by atoms with Crippen molar-refractivity contribution in [2.75, 3.05) is 5.73 Å². The molecule has 0 saturated heterocycles. The van der Waals surface area contributed by atoms with Crippen LogP contribution in [0.25, 0.3) is 0 Å². The van der Waals surface area contributed by atoms with Gasteiger partial charge >= 0.3 is 0 Å². The Morgan fingerprint density at radius 3 is 2.71 bits per heavy atom. The molecule has 0 aromatic carbocycles. The highest BCUT2D eigenvalue weighted by Crippen LogP contribution is 2.28. The highest BCUT2D eigenvalue weighted by Gasteiger charge is 2.17. The van der Waals surface area contributed by atoms with Crippen LogP contribution in [0, 0.1) is 0 Å². The van der Waals surface area contributed by atoms with Crippen molar-refractivity contribution in [3.63, 3.8) is 0 Å². The van der Waals surface area contributed by atoms with Crippen LogP contribution >= 0.6 is 0 Å². The van der Waals surface area contributed by atoms with E-state index in [1.165, 1.54) is 25.7 Å². The highest BCUT2D eigenvalue weighted by molar-refractivity contribution is 5.24. The van der Waals surface area contributed by atoms with Crippen molar-refractivity contribution >= 4 is 5.82 Å². The van der Waals surface area contributed by atoms with E-state index < -0.39 is 0 Å². The fraction of sp³-hybridized carbons (Fsp3) is 0.500. The van der Waals surface area contributed by atoms with Crippen LogP contribution in [0.5, 0.6) is 0 Å². The summed E-state index contributed by atoms with van der Waals surface area (Å²) in [6.07, 6.45) is 9.14. The maximum absolute atomic E-state index is 5.58. The minimum Gasteiger partial charge on any atom is -0.382 e.